The lowest BCUT2D eigenvalue weighted by molar-refractivity contribution is -0.145. The standard InChI is InChI=1S/C23H42O8/c1-3-5-6-7-8-9-23(24)31-22-21-30-20-19-29-18-17-28-16-15-27-14-13-26-12-11-25-10-4-2/h2H,3,5-22H2,1H3. The average Bonchev–Trinajstić information content (AvgIpc) is 2.77. The van der Waals surface area contributed by atoms with Crippen molar-refractivity contribution in [2.75, 3.05) is 85.9 Å². The molecule has 31 heavy (non-hydrogen) atoms. The van der Waals surface area contributed by atoms with Gasteiger partial charge in [-0.2, -0.15) is 0 Å². The van der Waals surface area contributed by atoms with E-state index in [1.165, 1.54) is 19.3 Å². The van der Waals surface area contributed by atoms with Gasteiger partial charge in [0.1, 0.15) is 13.2 Å². The summed E-state index contributed by atoms with van der Waals surface area (Å²) in [6, 6.07) is 0. The molecule has 0 aliphatic heterocycles. The smallest absolute Gasteiger partial charge is 0.305 e. The number of carbonyl (C=O) groups excluding carboxylic acids is 1. The Balaban J connectivity index is 3.09. The van der Waals surface area contributed by atoms with Crippen LogP contribution in [0.1, 0.15) is 45.4 Å². The van der Waals surface area contributed by atoms with Crippen LogP contribution in [-0.4, -0.2) is 91.9 Å². The quantitative estimate of drug-likeness (QED) is 0.120. The highest BCUT2D eigenvalue weighted by molar-refractivity contribution is 5.69. The summed E-state index contributed by atoms with van der Waals surface area (Å²) in [6.45, 7) is 8.16. The molecule has 0 aliphatic carbocycles. The summed E-state index contributed by atoms with van der Waals surface area (Å²) < 4.78 is 37.1. The zero-order valence-corrected chi connectivity index (χ0v) is 19.3. The van der Waals surface area contributed by atoms with Crippen LogP contribution in [0, 0.1) is 12.3 Å². The van der Waals surface area contributed by atoms with Gasteiger partial charge in [-0.25, -0.2) is 0 Å². The van der Waals surface area contributed by atoms with Crippen molar-refractivity contribution in [3.05, 3.63) is 0 Å². The third-order valence-corrected chi connectivity index (χ3v) is 4.02. The first-order valence-electron chi connectivity index (χ1n) is 11.4. The molecule has 0 spiro atoms. The highest BCUT2D eigenvalue weighted by Crippen LogP contribution is 2.05. The van der Waals surface area contributed by atoms with Crippen LogP contribution in [0.25, 0.3) is 0 Å². The molecule has 0 aliphatic rings. The van der Waals surface area contributed by atoms with E-state index in [0.717, 1.165) is 12.8 Å². The lowest BCUT2D eigenvalue weighted by Crippen LogP contribution is -2.15. The second-order valence-electron chi connectivity index (χ2n) is 6.70. The molecule has 0 heterocycles. The van der Waals surface area contributed by atoms with Crippen LogP contribution in [0.5, 0.6) is 0 Å². The maximum Gasteiger partial charge on any atom is 0.305 e. The summed E-state index contributed by atoms with van der Waals surface area (Å²) >= 11 is 0. The third-order valence-electron chi connectivity index (χ3n) is 4.02. The molecule has 8 nitrogen and oxygen atoms in total. The van der Waals surface area contributed by atoms with Gasteiger partial charge in [0, 0.05) is 6.42 Å². The molecule has 0 atom stereocenters. The molecule has 0 bridgehead atoms. The van der Waals surface area contributed by atoms with Crippen LogP contribution in [0.2, 0.25) is 0 Å². The lowest BCUT2D eigenvalue weighted by Gasteiger charge is -2.08. The molecule has 0 amide bonds. The van der Waals surface area contributed by atoms with Crippen molar-refractivity contribution >= 4 is 5.97 Å². The van der Waals surface area contributed by atoms with Gasteiger partial charge in [0.05, 0.1) is 72.7 Å². The Bertz CT molecular complexity index is 411. The lowest BCUT2D eigenvalue weighted by atomic mass is 10.1. The summed E-state index contributed by atoms with van der Waals surface area (Å²) in [7, 11) is 0. The predicted octanol–water partition coefficient (Wildman–Crippen LogP) is 2.62. The van der Waals surface area contributed by atoms with Crippen LogP contribution in [0.15, 0.2) is 0 Å². The molecule has 0 N–H and O–H groups in total. The van der Waals surface area contributed by atoms with Crippen molar-refractivity contribution < 1.29 is 38.0 Å². The van der Waals surface area contributed by atoms with Crippen molar-refractivity contribution in [3.8, 4) is 12.3 Å². The summed E-state index contributed by atoms with van der Waals surface area (Å²) in [6.07, 6.45) is 11.2. The highest BCUT2D eigenvalue weighted by Gasteiger charge is 2.02. The monoisotopic (exact) mass is 446 g/mol. The Labute approximate surface area is 188 Å². The van der Waals surface area contributed by atoms with Crippen molar-refractivity contribution in [2.24, 2.45) is 0 Å². The molecule has 0 rings (SSSR count). The Kier molecular flexibility index (Phi) is 25.8. The van der Waals surface area contributed by atoms with E-state index in [4.69, 9.17) is 39.6 Å². The van der Waals surface area contributed by atoms with E-state index < -0.39 is 0 Å². The Morgan fingerprint density at radius 2 is 1.03 bits per heavy atom. The van der Waals surface area contributed by atoms with Crippen LogP contribution in [-0.2, 0) is 38.0 Å². The van der Waals surface area contributed by atoms with Gasteiger partial charge in [-0.3, -0.25) is 4.79 Å². The number of carbonyl (C=O) groups is 1. The van der Waals surface area contributed by atoms with Crippen molar-refractivity contribution in [3.63, 3.8) is 0 Å². The number of hydrogen-bond acceptors (Lipinski definition) is 8. The maximum atomic E-state index is 11.5. The summed E-state index contributed by atoms with van der Waals surface area (Å²) in [4.78, 5) is 11.5. The first-order chi connectivity index (χ1) is 15.3. The fraction of sp³-hybridized carbons (Fsp3) is 0.870. The van der Waals surface area contributed by atoms with Gasteiger partial charge >= 0.3 is 5.97 Å². The van der Waals surface area contributed by atoms with Crippen LogP contribution in [0.3, 0.4) is 0 Å². The molecular formula is C23H42O8. The maximum absolute atomic E-state index is 11.5. The third kappa shape index (κ3) is 26.8. The number of rotatable bonds is 25. The second-order valence-corrected chi connectivity index (χ2v) is 6.70. The molecule has 8 heteroatoms. The minimum Gasteiger partial charge on any atom is -0.463 e. The van der Waals surface area contributed by atoms with Gasteiger partial charge in [0.15, 0.2) is 0 Å². The van der Waals surface area contributed by atoms with Crippen LogP contribution < -0.4 is 0 Å². The molecule has 0 aromatic carbocycles. The normalized spacial score (nSPS) is 10.8. The van der Waals surface area contributed by atoms with Gasteiger partial charge in [-0.15, -0.1) is 6.42 Å². The minimum atomic E-state index is -0.143. The molecule has 0 radical (unpaired) electrons. The zero-order chi connectivity index (χ0) is 22.7. The fourth-order valence-electron chi connectivity index (χ4n) is 2.39. The average molecular weight is 447 g/mol. The topological polar surface area (TPSA) is 81.7 Å². The first kappa shape index (κ1) is 29.8. The van der Waals surface area contributed by atoms with Crippen molar-refractivity contribution in [2.45, 2.75) is 45.4 Å². The van der Waals surface area contributed by atoms with Gasteiger partial charge in [-0.05, 0) is 6.42 Å². The van der Waals surface area contributed by atoms with Gasteiger partial charge in [0.2, 0.25) is 0 Å². The fourth-order valence-corrected chi connectivity index (χ4v) is 2.39. The zero-order valence-electron chi connectivity index (χ0n) is 19.3. The summed E-state index contributed by atoms with van der Waals surface area (Å²) in [5.41, 5.74) is 0. The molecular weight excluding hydrogens is 404 g/mol. The Morgan fingerprint density at radius 1 is 0.613 bits per heavy atom. The summed E-state index contributed by atoms with van der Waals surface area (Å²) in [5, 5.41) is 0. The number of esters is 1. The van der Waals surface area contributed by atoms with E-state index in [-0.39, 0.29) is 5.97 Å². The second kappa shape index (κ2) is 26.8. The van der Waals surface area contributed by atoms with Crippen LogP contribution >= 0.6 is 0 Å². The largest absolute Gasteiger partial charge is 0.463 e. The summed E-state index contributed by atoms with van der Waals surface area (Å²) in [5.74, 6) is 2.25. The SMILES string of the molecule is C#CCOCCOCCOCCOCCOCCOCCOC(=O)CCCCCCC. The van der Waals surface area contributed by atoms with Crippen molar-refractivity contribution in [1.82, 2.24) is 0 Å². The minimum absolute atomic E-state index is 0.143. The molecule has 0 aromatic heterocycles. The number of ether oxygens (including phenoxy) is 7. The van der Waals surface area contributed by atoms with E-state index in [1.807, 2.05) is 0 Å². The highest BCUT2D eigenvalue weighted by atomic mass is 16.6. The molecule has 0 fully saturated rings. The van der Waals surface area contributed by atoms with Crippen molar-refractivity contribution in [1.29, 1.82) is 0 Å². The number of unbranched alkanes of at least 4 members (excludes halogenated alkanes) is 4. The molecule has 0 unspecified atom stereocenters. The van der Waals surface area contributed by atoms with Gasteiger partial charge in [-0.1, -0.05) is 38.5 Å². The van der Waals surface area contributed by atoms with E-state index in [1.54, 1.807) is 0 Å². The van der Waals surface area contributed by atoms with E-state index in [0.29, 0.717) is 92.3 Å². The number of terminal acetylenes is 1. The van der Waals surface area contributed by atoms with E-state index in [2.05, 4.69) is 12.8 Å². The molecule has 182 valence electrons. The Hall–Kier alpha value is -1.21. The van der Waals surface area contributed by atoms with Gasteiger partial charge < -0.3 is 33.2 Å². The van der Waals surface area contributed by atoms with Crippen LogP contribution in [0.4, 0.5) is 0 Å². The molecule has 0 saturated carbocycles. The molecule has 0 saturated heterocycles. The van der Waals surface area contributed by atoms with Gasteiger partial charge in [0.25, 0.3) is 0 Å². The predicted molar refractivity (Wildman–Crippen MR) is 118 cm³/mol. The molecule has 0 aromatic rings. The number of hydrogen-bond donors (Lipinski definition) is 0. The Morgan fingerprint density at radius 3 is 1.48 bits per heavy atom. The van der Waals surface area contributed by atoms with E-state index in [9.17, 15) is 4.79 Å². The van der Waals surface area contributed by atoms with E-state index >= 15 is 0 Å². The first-order valence-corrected chi connectivity index (χ1v) is 11.4.